The van der Waals surface area contributed by atoms with Crippen LogP contribution in [0.1, 0.15) is 10.4 Å². The highest BCUT2D eigenvalue weighted by Crippen LogP contribution is 1.88. The number of aromatic amines is 2. The number of aromatic nitrogens is 2. The van der Waals surface area contributed by atoms with Gasteiger partial charge in [0.25, 0.3) is 5.56 Å². The molecule has 0 aromatic carbocycles. The van der Waals surface area contributed by atoms with Crippen molar-refractivity contribution in [1.82, 2.24) is 10.2 Å². The first-order valence-corrected chi connectivity index (χ1v) is 2.60. The van der Waals surface area contributed by atoms with Gasteiger partial charge >= 0.3 is 5.97 Å². The van der Waals surface area contributed by atoms with Crippen LogP contribution in [0.5, 0.6) is 0 Å². The van der Waals surface area contributed by atoms with Crippen LogP contribution in [0.4, 0.5) is 0 Å². The van der Waals surface area contributed by atoms with E-state index in [0.29, 0.717) is 0 Å². The summed E-state index contributed by atoms with van der Waals surface area (Å²) in [5.41, 5.74) is -0.477. The SMILES string of the molecule is COC(=O)c1c[nH][nH]c1=O. The first kappa shape index (κ1) is 6.60. The van der Waals surface area contributed by atoms with Gasteiger partial charge in [-0.3, -0.25) is 9.89 Å². The second-order valence-electron chi connectivity index (χ2n) is 1.65. The lowest BCUT2D eigenvalue weighted by atomic mass is 10.4. The molecule has 0 atom stereocenters. The maximum Gasteiger partial charge on any atom is 0.345 e. The van der Waals surface area contributed by atoms with Gasteiger partial charge in [0, 0.05) is 6.20 Å². The molecule has 1 aromatic heterocycles. The molecule has 0 aliphatic carbocycles. The third-order valence-corrected chi connectivity index (χ3v) is 1.05. The third-order valence-electron chi connectivity index (χ3n) is 1.05. The van der Waals surface area contributed by atoms with Crippen molar-refractivity contribution in [2.24, 2.45) is 0 Å². The van der Waals surface area contributed by atoms with Crippen LogP contribution in [0, 0.1) is 0 Å². The summed E-state index contributed by atoms with van der Waals surface area (Å²) in [5.74, 6) is -0.637. The van der Waals surface area contributed by atoms with Crippen molar-refractivity contribution in [1.29, 1.82) is 0 Å². The second kappa shape index (κ2) is 2.38. The molecule has 0 amide bonds. The van der Waals surface area contributed by atoms with Gasteiger partial charge in [-0.1, -0.05) is 0 Å². The molecule has 0 aliphatic heterocycles. The molecule has 0 bridgehead atoms. The number of methoxy groups -OCH3 is 1. The predicted octanol–water partition coefficient (Wildman–Crippen LogP) is -0.510. The first-order valence-electron chi connectivity index (χ1n) is 2.60. The van der Waals surface area contributed by atoms with Crippen LogP contribution in [-0.2, 0) is 4.74 Å². The highest BCUT2D eigenvalue weighted by atomic mass is 16.5. The summed E-state index contributed by atoms with van der Waals surface area (Å²) in [4.78, 5) is 21.3. The van der Waals surface area contributed by atoms with Crippen molar-refractivity contribution in [2.75, 3.05) is 7.11 Å². The standard InChI is InChI=1S/C5H6N2O3/c1-10-5(9)3-2-6-7-4(3)8/h2H,1H3,(H2,6,7,8). The lowest BCUT2D eigenvalue weighted by Crippen LogP contribution is -2.12. The van der Waals surface area contributed by atoms with E-state index in [1.54, 1.807) is 0 Å². The van der Waals surface area contributed by atoms with Gasteiger partial charge in [0.05, 0.1) is 7.11 Å². The molecule has 10 heavy (non-hydrogen) atoms. The molecule has 0 unspecified atom stereocenters. The molecule has 2 N–H and O–H groups in total. The van der Waals surface area contributed by atoms with E-state index in [9.17, 15) is 9.59 Å². The molecule has 0 fully saturated rings. The summed E-state index contributed by atoms with van der Waals surface area (Å²) in [6.45, 7) is 0. The van der Waals surface area contributed by atoms with E-state index in [2.05, 4.69) is 14.9 Å². The quantitative estimate of drug-likeness (QED) is 0.518. The average molecular weight is 142 g/mol. The zero-order chi connectivity index (χ0) is 7.56. The topological polar surface area (TPSA) is 75.0 Å². The summed E-state index contributed by atoms with van der Waals surface area (Å²) < 4.78 is 4.30. The fraction of sp³-hybridized carbons (Fsp3) is 0.200. The van der Waals surface area contributed by atoms with E-state index in [-0.39, 0.29) is 5.56 Å². The van der Waals surface area contributed by atoms with Gasteiger partial charge in [-0.15, -0.1) is 0 Å². The minimum Gasteiger partial charge on any atom is -0.465 e. The van der Waals surface area contributed by atoms with Crippen molar-refractivity contribution < 1.29 is 9.53 Å². The Morgan fingerprint density at radius 3 is 2.80 bits per heavy atom. The minimum atomic E-state index is -0.637. The maximum absolute atomic E-state index is 10.6. The molecule has 1 rings (SSSR count). The van der Waals surface area contributed by atoms with Crippen molar-refractivity contribution in [3.63, 3.8) is 0 Å². The molecular formula is C5H6N2O3. The second-order valence-corrected chi connectivity index (χ2v) is 1.65. The van der Waals surface area contributed by atoms with Gasteiger partial charge in [-0.25, -0.2) is 4.79 Å². The summed E-state index contributed by atoms with van der Waals surface area (Å²) in [7, 11) is 1.22. The third kappa shape index (κ3) is 0.928. The minimum absolute atomic E-state index is 0.0116. The van der Waals surface area contributed by atoms with Crippen LogP contribution in [0.25, 0.3) is 0 Å². The molecule has 54 valence electrons. The van der Waals surface area contributed by atoms with Crippen LogP contribution in [0.2, 0.25) is 0 Å². The molecule has 1 aromatic rings. The van der Waals surface area contributed by atoms with Gasteiger partial charge in [-0.05, 0) is 0 Å². The molecule has 5 nitrogen and oxygen atoms in total. The van der Waals surface area contributed by atoms with Crippen LogP contribution in [0.3, 0.4) is 0 Å². The Bertz CT molecular complexity index is 285. The van der Waals surface area contributed by atoms with E-state index in [1.165, 1.54) is 13.3 Å². The summed E-state index contributed by atoms with van der Waals surface area (Å²) >= 11 is 0. The molecule has 0 saturated heterocycles. The van der Waals surface area contributed by atoms with Crippen LogP contribution in [-0.4, -0.2) is 23.3 Å². The van der Waals surface area contributed by atoms with Crippen molar-refractivity contribution >= 4 is 5.97 Å². The van der Waals surface area contributed by atoms with Crippen molar-refractivity contribution in [2.45, 2.75) is 0 Å². The molecule has 1 heterocycles. The Hall–Kier alpha value is -1.52. The zero-order valence-electron chi connectivity index (χ0n) is 5.30. The highest BCUT2D eigenvalue weighted by molar-refractivity contribution is 5.88. The van der Waals surface area contributed by atoms with E-state index in [1.807, 2.05) is 0 Å². The van der Waals surface area contributed by atoms with E-state index >= 15 is 0 Å². The number of hydrogen-bond acceptors (Lipinski definition) is 3. The van der Waals surface area contributed by atoms with Crippen LogP contribution >= 0.6 is 0 Å². The smallest absolute Gasteiger partial charge is 0.345 e. The first-order chi connectivity index (χ1) is 4.75. The Kier molecular flexibility index (Phi) is 1.57. The normalized spacial score (nSPS) is 9.30. The highest BCUT2D eigenvalue weighted by Gasteiger charge is 2.09. The fourth-order valence-electron chi connectivity index (χ4n) is 0.568. The van der Waals surface area contributed by atoms with Gasteiger partial charge in [-0.2, -0.15) is 0 Å². The predicted molar refractivity (Wildman–Crippen MR) is 32.8 cm³/mol. The zero-order valence-corrected chi connectivity index (χ0v) is 5.30. The number of H-pyrrole nitrogens is 2. The Morgan fingerprint density at radius 1 is 1.70 bits per heavy atom. The summed E-state index contributed by atoms with van der Waals surface area (Å²) in [5, 5.41) is 4.58. The average Bonchev–Trinajstić information content (AvgIpc) is 2.34. The van der Waals surface area contributed by atoms with E-state index < -0.39 is 11.5 Å². The molecule has 0 aliphatic rings. The number of carbonyl (C=O) groups excluding carboxylic acids is 1. The maximum atomic E-state index is 10.6. The number of hydrogen-bond donors (Lipinski definition) is 2. The Labute approximate surface area is 56.0 Å². The number of carbonyl (C=O) groups is 1. The summed E-state index contributed by atoms with van der Waals surface area (Å²) in [6, 6.07) is 0. The number of rotatable bonds is 1. The van der Waals surface area contributed by atoms with Gasteiger partial charge < -0.3 is 9.84 Å². The lowest BCUT2D eigenvalue weighted by Gasteiger charge is -1.89. The number of ether oxygens (including phenoxy) is 1. The molecule has 5 heteroatoms. The van der Waals surface area contributed by atoms with Gasteiger partial charge in [0.15, 0.2) is 0 Å². The fourth-order valence-corrected chi connectivity index (χ4v) is 0.568. The summed E-state index contributed by atoms with van der Waals surface area (Å²) in [6.07, 6.45) is 1.26. The van der Waals surface area contributed by atoms with Crippen molar-refractivity contribution in [3.8, 4) is 0 Å². The Balaban J connectivity index is 3.05. The molecule has 0 saturated carbocycles. The number of esters is 1. The lowest BCUT2D eigenvalue weighted by molar-refractivity contribution is 0.0599. The molecule has 0 radical (unpaired) electrons. The molecule has 0 spiro atoms. The van der Waals surface area contributed by atoms with Gasteiger partial charge in [0.1, 0.15) is 5.56 Å². The largest absolute Gasteiger partial charge is 0.465 e. The monoisotopic (exact) mass is 142 g/mol. The van der Waals surface area contributed by atoms with Crippen LogP contribution in [0.15, 0.2) is 11.0 Å². The van der Waals surface area contributed by atoms with E-state index in [0.717, 1.165) is 0 Å². The molecular weight excluding hydrogens is 136 g/mol. The number of nitrogens with one attached hydrogen (secondary N) is 2. The van der Waals surface area contributed by atoms with E-state index in [4.69, 9.17) is 0 Å². The van der Waals surface area contributed by atoms with Gasteiger partial charge in [0.2, 0.25) is 0 Å². The Morgan fingerprint density at radius 2 is 2.40 bits per heavy atom. The van der Waals surface area contributed by atoms with Crippen molar-refractivity contribution in [3.05, 3.63) is 22.1 Å². The van der Waals surface area contributed by atoms with Crippen LogP contribution < -0.4 is 5.56 Å².